The lowest BCUT2D eigenvalue weighted by Gasteiger charge is -2.19. The number of anilines is 1. The largest absolute Gasteiger partial charge is 0.389 e. The number of thiophene rings is 1. The number of aryl methyl sites for hydroxylation is 2. The SMILES string of the molecule is Cc1sc2c(c1C)C(C1C=CC(Cl)=CC1)=N[C@@H](CC(=O)Nc1ccc3c(c1)CC(C)(O)C3)c1nnc(C)n1-2. The summed E-state index contributed by atoms with van der Waals surface area (Å²) in [5.74, 6) is 1.36. The second kappa shape index (κ2) is 9.29. The number of hydrogen-bond acceptors (Lipinski definition) is 6. The Bertz CT molecular complexity index is 1560. The second-order valence-corrected chi connectivity index (χ2v) is 12.5. The van der Waals surface area contributed by atoms with E-state index in [4.69, 9.17) is 16.6 Å². The van der Waals surface area contributed by atoms with Gasteiger partial charge in [0.1, 0.15) is 16.9 Å². The lowest BCUT2D eigenvalue weighted by Crippen LogP contribution is -2.23. The first-order valence-electron chi connectivity index (χ1n) is 12.9. The van der Waals surface area contributed by atoms with Crippen LogP contribution in [0.5, 0.6) is 0 Å². The quantitative estimate of drug-likeness (QED) is 0.440. The molecule has 1 aromatic carbocycles. The van der Waals surface area contributed by atoms with Gasteiger partial charge in [0.15, 0.2) is 5.82 Å². The van der Waals surface area contributed by atoms with E-state index in [2.05, 4.69) is 40.0 Å². The Kier molecular flexibility index (Phi) is 6.17. The Morgan fingerprint density at radius 1 is 1.24 bits per heavy atom. The molecule has 3 aromatic rings. The number of benzene rings is 1. The molecule has 0 radical (unpaired) electrons. The first kappa shape index (κ1) is 25.2. The highest BCUT2D eigenvalue weighted by Crippen LogP contribution is 2.41. The van der Waals surface area contributed by atoms with Crippen molar-refractivity contribution in [2.24, 2.45) is 10.9 Å². The molecule has 3 atom stereocenters. The predicted octanol–water partition coefficient (Wildman–Crippen LogP) is 5.68. The molecule has 0 saturated carbocycles. The maximum absolute atomic E-state index is 13.4. The van der Waals surface area contributed by atoms with E-state index in [0.717, 1.165) is 50.4 Å². The van der Waals surface area contributed by atoms with Crippen molar-refractivity contribution in [3.05, 3.63) is 80.2 Å². The number of aromatic nitrogens is 3. The molecule has 2 unspecified atom stereocenters. The average molecular weight is 548 g/mol. The van der Waals surface area contributed by atoms with Crippen LogP contribution in [0.25, 0.3) is 5.00 Å². The first-order chi connectivity index (χ1) is 18.1. The van der Waals surface area contributed by atoms with Crippen molar-refractivity contribution in [1.29, 1.82) is 0 Å². The predicted molar refractivity (Wildman–Crippen MR) is 152 cm³/mol. The normalized spacial score (nSPS) is 23.7. The fourth-order valence-corrected chi connectivity index (χ4v) is 7.11. The van der Waals surface area contributed by atoms with Gasteiger partial charge in [-0.2, -0.15) is 0 Å². The van der Waals surface area contributed by atoms with Crippen LogP contribution in [0.2, 0.25) is 0 Å². The number of nitrogens with one attached hydrogen (secondary N) is 1. The van der Waals surface area contributed by atoms with Crippen molar-refractivity contribution in [1.82, 2.24) is 14.8 Å². The van der Waals surface area contributed by atoms with E-state index in [-0.39, 0.29) is 18.2 Å². The van der Waals surface area contributed by atoms with Crippen molar-refractivity contribution < 1.29 is 9.90 Å². The Morgan fingerprint density at radius 3 is 2.79 bits per heavy atom. The summed E-state index contributed by atoms with van der Waals surface area (Å²) in [6.45, 7) is 8.04. The number of hydrogen-bond donors (Lipinski definition) is 2. The summed E-state index contributed by atoms with van der Waals surface area (Å²) in [7, 11) is 0. The van der Waals surface area contributed by atoms with Gasteiger partial charge in [-0.3, -0.25) is 14.4 Å². The summed E-state index contributed by atoms with van der Waals surface area (Å²) in [4.78, 5) is 19.8. The summed E-state index contributed by atoms with van der Waals surface area (Å²) in [6, 6.07) is 5.37. The second-order valence-electron chi connectivity index (χ2n) is 10.8. The highest BCUT2D eigenvalue weighted by molar-refractivity contribution is 7.15. The summed E-state index contributed by atoms with van der Waals surface area (Å²) in [6.07, 6.45) is 8.15. The third-order valence-electron chi connectivity index (χ3n) is 7.69. The Labute approximate surface area is 231 Å². The van der Waals surface area contributed by atoms with Gasteiger partial charge < -0.3 is 10.4 Å². The van der Waals surface area contributed by atoms with Crippen LogP contribution in [-0.4, -0.2) is 37.1 Å². The van der Waals surface area contributed by atoms with Crippen molar-refractivity contribution >= 4 is 40.2 Å². The third-order valence-corrected chi connectivity index (χ3v) is 9.16. The average Bonchev–Trinajstić information content (AvgIpc) is 3.45. The minimum atomic E-state index is -0.734. The van der Waals surface area contributed by atoms with E-state index in [9.17, 15) is 9.90 Å². The molecule has 9 heteroatoms. The zero-order valence-corrected chi connectivity index (χ0v) is 23.5. The molecule has 3 aliphatic rings. The van der Waals surface area contributed by atoms with Crippen LogP contribution in [0.15, 0.2) is 46.5 Å². The van der Waals surface area contributed by atoms with Crippen LogP contribution in [0.1, 0.15) is 64.6 Å². The van der Waals surface area contributed by atoms with Gasteiger partial charge in [0.2, 0.25) is 5.91 Å². The molecule has 2 aromatic heterocycles. The van der Waals surface area contributed by atoms with Gasteiger partial charge in [0, 0.05) is 39.9 Å². The summed E-state index contributed by atoms with van der Waals surface area (Å²) in [5.41, 5.74) is 5.44. The molecule has 0 bridgehead atoms. The zero-order chi connectivity index (χ0) is 26.8. The molecule has 0 fully saturated rings. The monoisotopic (exact) mass is 547 g/mol. The molecule has 7 nitrogen and oxygen atoms in total. The summed E-state index contributed by atoms with van der Waals surface area (Å²) in [5, 5.41) is 24.2. The lowest BCUT2D eigenvalue weighted by atomic mass is 9.89. The molecule has 2 aliphatic carbocycles. The topological polar surface area (TPSA) is 92.4 Å². The standard InChI is InChI=1S/C29H30ClN5O2S/c1-15-16(2)38-28-25(15)26(18-5-8-21(30)9-6-18)32-23(27-34-33-17(3)35(27)28)12-24(36)31-22-10-7-19-13-29(4,37)14-20(19)11-22/h5,7-11,18,23,37H,6,12-14H2,1-4H3,(H,31,36)/t18?,23-,29?/m0/s1. The highest BCUT2D eigenvalue weighted by Gasteiger charge is 2.34. The number of rotatable bonds is 4. The third kappa shape index (κ3) is 4.44. The molecule has 1 aliphatic heterocycles. The van der Waals surface area contributed by atoms with Crippen molar-refractivity contribution in [2.75, 3.05) is 5.32 Å². The van der Waals surface area contributed by atoms with E-state index in [1.165, 1.54) is 10.4 Å². The summed E-state index contributed by atoms with van der Waals surface area (Å²) >= 11 is 7.95. The molecule has 38 heavy (non-hydrogen) atoms. The van der Waals surface area contributed by atoms with Crippen molar-refractivity contribution in [3.8, 4) is 5.00 Å². The smallest absolute Gasteiger partial charge is 0.227 e. The molecule has 0 spiro atoms. The molecule has 3 heterocycles. The van der Waals surface area contributed by atoms with E-state index in [0.29, 0.717) is 18.7 Å². The number of halogens is 1. The fourth-order valence-electron chi connectivity index (χ4n) is 5.73. The maximum Gasteiger partial charge on any atom is 0.227 e. The van der Waals surface area contributed by atoms with Crippen molar-refractivity contribution in [2.45, 2.75) is 65.0 Å². The van der Waals surface area contributed by atoms with Crippen LogP contribution in [0.4, 0.5) is 5.69 Å². The number of fused-ring (bicyclic) bond motifs is 4. The number of nitrogens with zero attached hydrogens (tertiary/aromatic N) is 4. The fraction of sp³-hybridized carbons (Fsp3) is 0.379. The van der Waals surface area contributed by atoms with Crippen molar-refractivity contribution in [3.63, 3.8) is 0 Å². The Hall–Kier alpha value is -3.07. The van der Waals surface area contributed by atoms with Crippen LogP contribution in [0, 0.1) is 26.7 Å². The van der Waals surface area contributed by atoms with E-state index in [1.54, 1.807) is 11.3 Å². The van der Waals surface area contributed by atoms with Gasteiger partial charge >= 0.3 is 0 Å². The van der Waals surface area contributed by atoms with Gasteiger partial charge in [-0.1, -0.05) is 29.8 Å². The molecule has 0 saturated heterocycles. The van der Waals surface area contributed by atoms with Gasteiger partial charge in [-0.05, 0) is 69.0 Å². The van der Waals surface area contributed by atoms with Crippen LogP contribution >= 0.6 is 22.9 Å². The van der Waals surface area contributed by atoms with Crippen LogP contribution in [0.3, 0.4) is 0 Å². The lowest BCUT2D eigenvalue weighted by molar-refractivity contribution is -0.116. The number of carbonyl (C=O) groups is 1. The first-order valence-corrected chi connectivity index (χ1v) is 14.1. The minimum Gasteiger partial charge on any atom is -0.389 e. The van der Waals surface area contributed by atoms with Crippen LogP contribution < -0.4 is 5.32 Å². The molecule has 2 N–H and O–H groups in total. The number of carbonyl (C=O) groups excluding carboxylic acids is 1. The molecular weight excluding hydrogens is 518 g/mol. The van der Waals surface area contributed by atoms with Gasteiger partial charge in [0.25, 0.3) is 0 Å². The number of allylic oxidation sites excluding steroid dienone is 4. The van der Waals surface area contributed by atoms with E-state index < -0.39 is 11.6 Å². The van der Waals surface area contributed by atoms with Gasteiger partial charge in [0.05, 0.1) is 17.7 Å². The Balaban J connectivity index is 1.35. The summed E-state index contributed by atoms with van der Waals surface area (Å²) < 4.78 is 2.07. The van der Waals surface area contributed by atoms with Gasteiger partial charge in [-0.15, -0.1) is 21.5 Å². The van der Waals surface area contributed by atoms with Gasteiger partial charge in [-0.25, -0.2) is 0 Å². The molecule has 1 amide bonds. The molecule has 196 valence electrons. The minimum absolute atomic E-state index is 0.0527. The van der Waals surface area contributed by atoms with E-state index >= 15 is 0 Å². The maximum atomic E-state index is 13.4. The van der Waals surface area contributed by atoms with E-state index in [1.807, 2.05) is 44.2 Å². The highest BCUT2D eigenvalue weighted by atomic mass is 35.5. The number of aliphatic hydroxyl groups is 1. The zero-order valence-electron chi connectivity index (χ0n) is 21.9. The Morgan fingerprint density at radius 2 is 2.03 bits per heavy atom. The van der Waals surface area contributed by atoms with Crippen LogP contribution in [-0.2, 0) is 17.6 Å². The number of aliphatic imine (C=N–C) groups is 1. The number of amides is 1. The molecule has 6 rings (SSSR count). The molecular formula is C29H30ClN5O2S.